The number of aryl methyl sites for hydroxylation is 1. The number of anilines is 2. The highest BCUT2D eigenvalue weighted by atomic mass is 32.2. The van der Waals surface area contributed by atoms with Crippen LogP contribution in [-0.4, -0.2) is 23.9 Å². The molecule has 0 spiro atoms. The van der Waals surface area contributed by atoms with Gasteiger partial charge in [-0.05, 0) is 61.0 Å². The van der Waals surface area contributed by atoms with E-state index in [1.165, 1.54) is 23.1 Å². The molecule has 0 aliphatic carbocycles. The van der Waals surface area contributed by atoms with Gasteiger partial charge in [0.1, 0.15) is 11.0 Å². The third-order valence-corrected chi connectivity index (χ3v) is 8.16. The Labute approximate surface area is 241 Å². The zero-order valence-electron chi connectivity index (χ0n) is 22.0. The first-order chi connectivity index (χ1) is 19.5. The summed E-state index contributed by atoms with van der Waals surface area (Å²) in [5.74, 6) is 0.383. The number of aromatic nitrogens is 1. The van der Waals surface area contributed by atoms with Gasteiger partial charge in [0, 0.05) is 27.1 Å². The molecule has 0 fully saturated rings. The number of para-hydroxylation sites is 1. The van der Waals surface area contributed by atoms with E-state index in [0.29, 0.717) is 16.4 Å². The van der Waals surface area contributed by atoms with Gasteiger partial charge in [0.15, 0.2) is 5.13 Å². The van der Waals surface area contributed by atoms with Crippen molar-refractivity contribution in [1.82, 2.24) is 4.98 Å². The number of amides is 2. The van der Waals surface area contributed by atoms with Crippen LogP contribution in [0.4, 0.5) is 10.8 Å². The molecule has 2 N–H and O–H groups in total. The van der Waals surface area contributed by atoms with E-state index in [1.807, 2.05) is 103 Å². The molecule has 1 atom stereocenters. The molecule has 1 heterocycles. The second-order valence-corrected chi connectivity index (χ2v) is 11.0. The number of thioether (sulfide) groups is 1. The van der Waals surface area contributed by atoms with Crippen LogP contribution in [-0.2, 0) is 4.79 Å². The first-order valence-electron chi connectivity index (χ1n) is 12.6. The van der Waals surface area contributed by atoms with Crippen molar-refractivity contribution in [2.45, 2.75) is 17.1 Å². The van der Waals surface area contributed by atoms with Gasteiger partial charge in [-0.25, -0.2) is 4.98 Å². The Balaban J connectivity index is 1.30. The summed E-state index contributed by atoms with van der Waals surface area (Å²) in [7, 11) is 1.63. The SMILES string of the molecule is COc1ccccc1-c1csc(NC(=O)C(Sc2ccc(NC(=O)c3ccc(C)cc3)cc2)c2ccccc2)n1. The number of methoxy groups -OCH3 is 1. The molecule has 0 aliphatic rings. The highest BCUT2D eigenvalue weighted by molar-refractivity contribution is 8.00. The molecule has 200 valence electrons. The third kappa shape index (κ3) is 6.59. The van der Waals surface area contributed by atoms with Crippen molar-refractivity contribution in [1.29, 1.82) is 0 Å². The van der Waals surface area contributed by atoms with Gasteiger partial charge in [0.05, 0.1) is 12.8 Å². The van der Waals surface area contributed by atoms with Crippen LogP contribution in [0.1, 0.15) is 26.7 Å². The number of nitrogens with one attached hydrogen (secondary N) is 2. The van der Waals surface area contributed by atoms with E-state index in [1.54, 1.807) is 19.2 Å². The van der Waals surface area contributed by atoms with Crippen LogP contribution in [0.2, 0.25) is 0 Å². The molecule has 2 amide bonds. The van der Waals surface area contributed by atoms with Gasteiger partial charge >= 0.3 is 0 Å². The summed E-state index contributed by atoms with van der Waals surface area (Å²) in [4.78, 5) is 31.6. The van der Waals surface area contributed by atoms with Crippen molar-refractivity contribution < 1.29 is 14.3 Å². The summed E-state index contributed by atoms with van der Waals surface area (Å²) < 4.78 is 5.46. The molecule has 4 aromatic carbocycles. The molecule has 0 bridgehead atoms. The molecular weight excluding hydrogens is 539 g/mol. The maximum Gasteiger partial charge on any atom is 0.255 e. The zero-order valence-corrected chi connectivity index (χ0v) is 23.6. The number of rotatable bonds is 9. The first kappa shape index (κ1) is 27.2. The topological polar surface area (TPSA) is 80.3 Å². The molecule has 0 saturated heterocycles. The quantitative estimate of drug-likeness (QED) is 0.178. The van der Waals surface area contributed by atoms with Crippen LogP contribution in [0.5, 0.6) is 5.75 Å². The summed E-state index contributed by atoms with van der Waals surface area (Å²) >= 11 is 2.81. The fourth-order valence-electron chi connectivity index (χ4n) is 4.04. The molecule has 40 heavy (non-hydrogen) atoms. The van der Waals surface area contributed by atoms with Crippen molar-refractivity contribution in [3.63, 3.8) is 0 Å². The number of nitrogens with zero attached hydrogens (tertiary/aromatic N) is 1. The molecule has 5 rings (SSSR count). The Bertz CT molecular complexity index is 1600. The Kier molecular flexibility index (Phi) is 8.59. The maximum absolute atomic E-state index is 13.5. The van der Waals surface area contributed by atoms with Crippen LogP contribution < -0.4 is 15.4 Å². The Morgan fingerprint density at radius 3 is 2.27 bits per heavy atom. The molecule has 1 aromatic heterocycles. The molecule has 8 heteroatoms. The van der Waals surface area contributed by atoms with Gasteiger partial charge < -0.3 is 15.4 Å². The van der Waals surface area contributed by atoms with Gasteiger partial charge in [-0.2, -0.15) is 0 Å². The van der Waals surface area contributed by atoms with Crippen molar-refractivity contribution in [2.75, 3.05) is 17.7 Å². The maximum atomic E-state index is 13.5. The molecule has 5 aromatic rings. The number of carbonyl (C=O) groups is 2. The van der Waals surface area contributed by atoms with Crippen LogP contribution in [0.25, 0.3) is 11.3 Å². The average molecular weight is 566 g/mol. The van der Waals surface area contributed by atoms with Crippen LogP contribution in [0, 0.1) is 6.92 Å². The van der Waals surface area contributed by atoms with E-state index in [0.717, 1.165) is 33.0 Å². The second kappa shape index (κ2) is 12.6. The molecule has 1 unspecified atom stereocenters. The highest BCUT2D eigenvalue weighted by Crippen LogP contribution is 2.38. The lowest BCUT2D eigenvalue weighted by Gasteiger charge is -2.16. The lowest BCUT2D eigenvalue weighted by atomic mass is 10.1. The Morgan fingerprint density at radius 2 is 1.55 bits per heavy atom. The van der Waals surface area contributed by atoms with Gasteiger partial charge in [-0.15, -0.1) is 23.1 Å². The van der Waals surface area contributed by atoms with Crippen molar-refractivity contribution >= 4 is 45.7 Å². The second-order valence-electron chi connectivity index (χ2n) is 8.98. The number of hydrogen-bond donors (Lipinski definition) is 2. The van der Waals surface area contributed by atoms with Gasteiger partial charge in [-0.3, -0.25) is 9.59 Å². The lowest BCUT2D eigenvalue weighted by Crippen LogP contribution is -2.19. The summed E-state index contributed by atoms with van der Waals surface area (Å²) in [5.41, 5.74) is 4.86. The number of thiazole rings is 1. The van der Waals surface area contributed by atoms with Crippen LogP contribution in [0.3, 0.4) is 0 Å². The lowest BCUT2D eigenvalue weighted by molar-refractivity contribution is -0.115. The largest absolute Gasteiger partial charge is 0.496 e. The number of ether oxygens (including phenoxy) is 1. The van der Waals surface area contributed by atoms with Crippen LogP contribution in [0.15, 0.2) is 113 Å². The van der Waals surface area contributed by atoms with E-state index in [9.17, 15) is 9.59 Å². The molecular formula is C32H27N3O3S2. The number of carbonyl (C=O) groups excluding carboxylic acids is 2. The van der Waals surface area contributed by atoms with E-state index in [-0.39, 0.29) is 11.8 Å². The molecule has 0 saturated carbocycles. The van der Waals surface area contributed by atoms with Gasteiger partial charge in [0.2, 0.25) is 5.91 Å². The minimum atomic E-state index is -0.507. The normalized spacial score (nSPS) is 11.4. The number of hydrogen-bond acceptors (Lipinski definition) is 6. The Morgan fingerprint density at radius 1 is 0.850 bits per heavy atom. The van der Waals surface area contributed by atoms with Gasteiger partial charge in [0.25, 0.3) is 5.91 Å². The average Bonchev–Trinajstić information content (AvgIpc) is 3.45. The van der Waals surface area contributed by atoms with Crippen molar-refractivity contribution in [3.05, 3.63) is 125 Å². The molecule has 6 nitrogen and oxygen atoms in total. The predicted molar refractivity (Wildman–Crippen MR) is 163 cm³/mol. The monoisotopic (exact) mass is 565 g/mol. The van der Waals surface area contributed by atoms with E-state index < -0.39 is 5.25 Å². The van der Waals surface area contributed by atoms with E-state index in [4.69, 9.17) is 4.74 Å². The summed E-state index contributed by atoms with van der Waals surface area (Å²) in [5, 5.41) is 7.84. The fourth-order valence-corrected chi connectivity index (χ4v) is 5.78. The fraction of sp³-hybridized carbons (Fsp3) is 0.0938. The third-order valence-electron chi connectivity index (χ3n) is 6.14. The zero-order chi connectivity index (χ0) is 27.9. The predicted octanol–water partition coefficient (Wildman–Crippen LogP) is 7.85. The van der Waals surface area contributed by atoms with Crippen LogP contribution >= 0.6 is 23.1 Å². The molecule has 0 aliphatic heterocycles. The van der Waals surface area contributed by atoms with Gasteiger partial charge in [-0.1, -0.05) is 60.2 Å². The molecule has 0 radical (unpaired) electrons. The van der Waals surface area contributed by atoms with E-state index in [2.05, 4.69) is 15.6 Å². The standard InChI is InChI=1S/C32H27N3O3S2/c1-21-12-14-23(15-13-21)30(36)33-24-16-18-25(19-17-24)40-29(22-8-4-3-5-9-22)31(37)35-32-34-27(20-39-32)26-10-6-7-11-28(26)38-2/h3-20,29H,1-2H3,(H,33,36)(H,34,35,37). The van der Waals surface area contributed by atoms with Crippen molar-refractivity contribution in [3.8, 4) is 17.0 Å². The smallest absolute Gasteiger partial charge is 0.255 e. The number of benzene rings is 4. The first-order valence-corrected chi connectivity index (χ1v) is 14.4. The minimum absolute atomic E-state index is 0.169. The van der Waals surface area contributed by atoms with E-state index >= 15 is 0 Å². The van der Waals surface area contributed by atoms with Crippen molar-refractivity contribution in [2.24, 2.45) is 0 Å². The summed E-state index contributed by atoms with van der Waals surface area (Å²) in [6.07, 6.45) is 0. The summed E-state index contributed by atoms with van der Waals surface area (Å²) in [6, 6.07) is 32.2. The minimum Gasteiger partial charge on any atom is -0.496 e. The summed E-state index contributed by atoms with van der Waals surface area (Å²) in [6.45, 7) is 1.98. The highest BCUT2D eigenvalue weighted by Gasteiger charge is 2.23. The Hall–Kier alpha value is -4.40.